The van der Waals surface area contributed by atoms with Crippen LogP contribution in [0.1, 0.15) is 60.8 Å². The summed E-state index contributed by atoms with van der Waals surface area (Å²) in [5, 5.41) is 2.58. The molecular formula is C18H30N2O6. The van der Waals surface area contributed by atoms with Crippen molar-refractivity contribution < 1.29 is 28.7 Å². The largest absolute Gasteiger partial charge is 0.459 e. The van der Waals surface area contributed by atoms with Crippen LogP contribution in [0.2, 0.25) is 0 Å². The number of likely N-dealkylation sites (tertiary alicyclic amines) is 1. The van der Waals surface area contributed by atoms with Gasteiger partial charge in [-0.1, -0.05) is 0 Å². The van der Waals surface area contributed by atoms with Crippen molar-refractivity contribution in [3.8, 4) is 0 Å². The second-order valence-electron chi connectivity index (χ2n) is 8.55. The van der Waals surface area contributed by atoms with Crippen molar-refractivity contribution in [2.45, 2.75) is 72.0 Å². The minimum atomic E-state index is -1.53. The van der Waals surface area contributed by atoms with E-state index in [1.54, 1.807) is 41.5 Å². The van der Waals surface area contributed by atoms with Gasteiger partial charge < -0.3 is 14.8 Å². The van der Waals surface area contributed by atoms with Crippen molar-refractivity contribution in [2.24, 2.45) is 5.41 Å². The van der Waals surface area contributed by atoms with Crippen LogP contribution >= 0.6 is 0 Å². The lowest BCUT2D eigenvalue weighted by Gasteiger charge is -2.29. The van der Waals surface area contributed by atoms with Crippen LogP contribution in [0.25, 0.3) is 0 Å². The maximum Gasteiger partial charge on any atom is 0.407 e. The Labute approximate surface area is 154 Å². The third kappa shape index (κ3) is 5.71. The number of carbonyl (C=O) groups is 4. The molecule has 0 spiro atoms. The molecule has 3 amide bonds. The van der Waals surface area contributed by atoms with Gasteiger partial charge in [0.25, 0.3) is 0 Å². The number of amides is 3. The lowest BCUT2D eigenvalue weighted by atomic mass is 9.81. The number of hydrogen-bond acceptors (Lipinski definition) is 6. The van der Waals surface area contributed by atoms with E-state index in [1.165, 1.54) is 7.05 Å². The van der Waals surface area contributed by atoms with Gasteiger partial charge in [-0.05, 0) is 54.4 Å². The van der Waals surface area contributed by atoms with Gasteiger partial charge >= 0.3 is 12.1 Å². The molecule has 0 saturated carbocycles. The van der Waals surface area contributed by atoms with E-state index in [0.29, 0.717) is 6.42 Å². The molecule has 0 aliphatic carbocycles. The molecule has 0 aromatic carbocycles. The number of hydrogen-bond donors (Lipinski definition) is 1. The molecule has 1 aliphatic rings. The molecule has 0 aromatic rings. The van der Waals surface area contributed by atoms with Crippen LogP contribution in [0, 0.1) is 5.41 Å². The molecular weight excluding hydrogens is 340 g/mol. The van der Waals surface area contributed by atoms with Crippen molar-refractivity contribution in [2.75, 3.05) is 13.6 Å². The molecule has 148 valence electrons. The standard InChI is InChI=1S/C18H30N2O6/c1-16(2,3)25-14(23)18(11-12(21)20(7)13(18)22)9-8-10-19-15(24)26-17(4,5)6/h8-11H2,1-7H3,(H,19,24)/t18-/m1/s1. The number of alkyl carbamates (subject to hydrolysis) is 1. The van der Waals surface area contributed by atoms with E-state index in [2.05, 4.69) is 5.32 Å². The van der Waals surface area contributed by atoms with Crippen LogP contribution in [0.3, 0.4) is 0 Å². The summed E-state index contributed by atoms with van der Waals surface area (Å²) in [6, 6.07) is 0. The molecule has 1 aliphatic heterocycles. The van der Waals surface area contributed by atoms with Gasteiger partial charge in [-0.25, -0.2) is 4.79 Å². The summed E-state index contributed by atoms with van der Waals surface area (Å²) in [5.74, 6) is -1.68. The van der Waals surface area contributed by atoms with Gasteiger partial charge in [0.1, 0.15) is 11.2 Å². The van der Waals surface area contributed by atoms with Crippen molar-refractivity contribution >= 4 is 23.9 Å². The monoisotopic (exact) mass is 370 g/mol. The highest BCUT2D eigenvalue weighted by Gasteiger charge is 2.56. The summed E-state index contributed by atoms with van der Waals surface area (Å²) >= 11 is 0. The Morgan fingerprint density at radius 2 is 1.62 bits per heavy atom. The molecule has 1 heterocycles. The lowest BCUT2D eigenvalue weighted by molar-refractivity contribution is -0.171. The summed E-state index contributed by atoms with van der Waals surface area (Å²) in [6.45, 7) is 10.6. The molecule has 1 fully saturated rings. The fourth-order valence-electron chi connectivity index (χ4n) is 2.61. The molecule has 0 aromatic heterocycles. The third-order valence-corrected chi connectivity index (χ3v) is 3.78. The number of rotatable bonds is 5. The molecule has 1 N–H and O–H groups in total. The second-order valence-corrected chi connectivity index (χ2v) is 8.55. The van der Waals surface area contributed by atoms with E-state index in [1.807, 2.05) is 0 Å². The van der Waals surface area contributed by atoms with Crippen LogP contribution in [0.15, 0.2) is 0 Å². The fraction of sp³-hybridized carbons (Fsp3) is 0.778. The zero-order valence-electron chi connectivity index (χ0n) is 16.7. The van der Waals surface area contributed by atoms with Gasteiger partial charge in [0.15, 0.2) is 5.41 Å². The van der Waals surface area contributed by atoms with Crippen LogP contribution in [0.5, 0.6) is 0 Å². The highest BCUT2D eigenvalue weighted by Crippen LogP contribution is 2.39. The number of nitrogens with one attached hydrogen (secondary N) is 1. The molecule has 8 heteroatoms. The van der Waals surface area contributed by atoms with Gasteiger partial charge in [0.05, 0.1) is 6.42 Å². The fourth-order valence-corrected chi connectivity index (χ4v) is 2.61. The molecule has 0 radical (unpaired) electrons. The first-order valence-electron chi connectivity index (χ1n) is 8.69. The van der Waals surface area contributed by atoms with Gasteiger partial charge in [0.2, 0.25) is 11.8 Å². The normalized spacial score (nSPS) is 21.0. The Morgan fingerprint density at radius 1 is 1.08 bits per heavy atom. The molecule has 8 nitrogen and oxygen atoms in total. The zero-order chi connectivity index (χ0) is 20.3. The predicted molar refractivity (Wildman–Crippen MR) is 94.1 cm³/mol. The van der Waals surface area contributed by atoms with Crippen LogP contribution < -0.4 is 5.32 Å². The maximum absolute atomic E-state index is 12.7. The summed E-state index contributed by atoms with van der Waals surface area (Å²) in [6.07, 6.45) is -0.364. The number of ether oxygens (including phenoxy) is 2. The van der Waals surface area contributed by atoms with Gasteiger partial charge in [-0.3, -0.25) is 19.3 Å². The van der Waals surface area contributed by atoms with Crippen molar-refractivity contribution in [3.05, 3.63) is 0 Å². The quantitative estimate of drug-likeness (QED) is 0.344. The molecule has 26 heavy (non-hydrogen) atoms. The van der Waals surface area contributed by atoms with Gasteiger partial charge in [-0.15, -0.1) is 0 Å². The minimum absolute atomic E-state index is 0.104. The van der Waals surface area contributed by atoms with E-state index in [4.69, 9.17) is 9.47 Å². The van der Waals surface area contributed by atoms with Crippen LogP contribution in [0.4, 0.5) is 4.79 Å². The summed E-state index contributed by atoms with van der Waals surface area (Å²) in [4.78, 5) is 49.8. The van der Waals surface area contributed by atoms with E-state index in [0.717, 1.165) is 4.90 Å². The van der Waals surface area contributed by atoms with Crippen molar-refractivity contribution in [3.63, 3.8) is 0 Å². The Hall–Kier alpha value is -2.12. The number of imide groups is 1. The van der Waals surface area contributed by atoms with Crippen LogP contribution in [-0.4, -0.2) is 53.6 Å². The predicted octanol–water partition coefficient (Wildman–Crippen LogP) is 2.01. The van der Waals surface area contributed by atoms with Gasteiger partial charge in [-0.2, -0.15) is 0 Å². The van der Waals surface area contributed by atoms with Crippen molar-refractivity contribution in [1.29, 1.82) is 0 Å². The first-order chi connectivity index (χ1) is 11.7. The minimum Gasteiger partial charge on any atom is -0.459 e. The SMILES string of the molecule is CN1C(=O)C[C@@](CCCNC(=O)OC(C)(C)C)(C(=O)OC(C)(C)C)C1=O. The first-order valence-corrected chi connectivity index (χ1v) is 8.69. The second kappa shape index (κ2) is 7.63. The molecule has 1 atom stereocenters. The highest BCUT2D eigenvalue weighted by atomic mass is 16.6. The maximum atomic E-state index is 12.7. The third-order valence-electron chi connectivity index (χ3n) is 3.78. The Bertz CT molecular complexity index is 587. The number of carbonyl (C=O) groups excluding carboxylic acids is 4. The average Bonchev–Trinajstić information content (AvgIpc) is 2.65. The summed E-state index contributed by atoms with van der Waals surface area (Å²) in [5.41, 5.74) is -2.92. The van der Waals surface area contributed by atoms with Gasteiger partial charge in [0, 0.05) is 13.6 Å². The molecule has 0 unspecified atom stereocenters. The lowest BCUT2D eigenvalue weighted by Crippen LogP contribution is -2.44. The summed E-state index contributed by atoms with van der Waals surface area (Å²) < 4.78 is 10.5. The Kier molecular flexibility index (Phi) is 6.44. The number of nitrogens with zero attached hydrogens (tertiary/aromatic N) is 1. The zero-order valence-corrected chi connectivity index (χ0v) is 16.7. The Morgan fingerprint density at radius 3 is 2.04 bits per heavy atom. The average molecular weight is 370 g/mol. The van der Waals surface area contributed by atoms with Crippen LogP contribution in [-0.2, 0) is 23.9 Å². The molecule has 1 saturated heterocycles. The topological polar surface area (TPSA) is 102 Å². The van der Waals surface area contributed by atoms with Crippen molar-refractivity contribution in [1.82, 2.24) is 10.2 Å². The smallest absolute Gasteiger partial charge is 0.407 e. The summed E-state index contributed by atoms with van der Waals surface area (Å²) in [7, 11) is 1.36. The number of esters is 1. The van der Waals surface area contributed by atoms with E-state index >= 15 is 0 Å². The highest BCUT2D eigenvalue weighted by molar-refractivity contribution is 6.15. The first kappa shape index (κ1) is 21.9. The van der Waals surface area contributed by atoms with E-state index < -0.39 is 40.5 Å². The Balaban J connectivity index is 2.77. The molecule has 1 rings (SSSR count). The molecule has 0 bridgehead atoms. The van der Waals surface area contributed by atoms with E-state index in [9.17, 15) is 19.2 Å². The van der Waals surface area contributed by atoms with E-state index in [-0.39, 0.29) is 19.4 Å².